The second-order valence-electron chi connectivity index (χ2n) is 3.58. The molecule has 3 N–H and O–H groups in total. The van der Waals surface area contributed by atoms with Crippen LogP contribution in [0.2, 0.25) is 0 Å². The SMILES string of the molecule is CCn1ccnc1NCCCC(C)N. The lowest BCUT2D eigenvalue weighted by molar-refractivity contribution is 0.635. The van der Waals surface area contributed by atoms with E-state index in [1.165, 1.54) is 0 Å². The molecule has 0 spiro atoms. The van der Waals surface area contributed by atoms with Gasteiger partial charge in [-0.2, -0.15) is 0 Å². The van der Waals surface area contributed by atoms with Crippen molar-refractivity contribution >= 4 is 5.95 Å². The number of aromatic nitrogens is 2. The first-order chi connectivity index (χ1) is 6.74. The largest absolute Gasteiger partial charge is 0.356 e. The molecule has 0 aliphatic carbocycles. The summed E-state index contributed by atoms with van der Waals surface area (Å²) in [5.74, 6) is 0.956. The summed E-state index contributed by atoms with van der Waals surface area (Å²) in [6.45, 7) is 6.04. The van der Waals surface area contributed by atoms with E-state index in [4.69, 9.17) is 5.73 Å². The van der Waals surface area contributed by atoms with Crippen LogP contribution in [0.3, 0.4) is 0 Å². The molecule has 4 nitrogen and oxygen atoms in total. The van der Waals surface area contributed by atoms with Gasteiger partial charge in [0.15, 0.2) is 0 Å². The minimum atomic E-state index is 0.294. The van der Waals surface area contributed by atoms with Gasteiger partial charge < -0.3 is 15.6 Å². The molecule has 0 saturated heterocycles. The highest BCUT2D eigenvalue weighted by Crippen LogP contribution is 2.04. The molecule has 0 bridgehead atoms. The molecular formula is C10H20N4. The van der Waals surface area contributed by atoms with Crippen LogP contribution in [0.1, 0.15) is 26.7 Å². The second-order valence-corrected chi connectivity index (χ2v) is 3.58. The van der Waals surface area contributed by atoms with Gasteiger partial charge in [-0.25, -0.2) is 4.98 Å². The van der Waals surface area contributed by atoms with E-state index in [0.717, 1.165) is 31.9 Å². The molecule has 0 radical (unpaired) electrons. The van der Waals surface area contributed by atoms with Crippen LogP contribution in [0, 0.1) is 0 Å². The first-order valence-corrected chi connectivity index (χ1v) is 5.24. The molecule has 1 aromatic heterocycles. The highest BCUT2D eigenvalue weighted by atomic mass is 15.2. The average Bonchev–Trinajstić information content (AvgIpc) is 2.59. The van der Waals surface area contributed by atoms with Gasteiger partial charge >= 0.3 is 0 Å². The average molecular weight is 196 g/mol. The fourth-order valence-electron chi connectivity index (χ4n) is 1.36. The molecule has 14 heavy (non-hydrogen) atoms. The van der Waals surface area contributed by atoms with Crippen molar-refractivity contribution in [2.24, 2.45) is 5.73 Å². The quantitative estimate of drug-likeness (QED) is 0.677. The minimum Gasteiger partial charge on any atom is -0.356 e. The molecule has 1 unspecified atom stereocenters. The fraction of sp³-hybridized carbons (Fsp3) is 0.700. The van der Waals surface area contributed by atoms with E-state index in [9.17, 15) is 0 Å². The molecule has 0 saturated carbocycles. The van der Waals surface area contributed by atoms with E-state index in [1.54, 1.807) is 0 Å². The summed E-state index contributed by atoms with van der Waals surface area (Å²) < 4.78 is 2.09. The predicted molar refractivity (Wildman–Crippen MR) is 59.3 cm³/mol. The van der Waals surface area contributed by atoms with Gasteiger partial charge in [0, 0.05) is 31.5 Å². The molecule has 1 atom stereocenters. The zero-order valence-corrected chi connectivity index (χ0v) is 9.03. The fourth-order valence-corrected chi connectivity index (χ4v) is 1.36. The normalized spacial score (nSPS) is 12.8. The van der Waals surface area contributed by atoms with Crippen molar-refractivity contribution in [3.05, 3.63) is 12.4 Å². The van der Waals surface area contributed by atoms with Gasteiger partial charge in [0.1, 0.15) is 0 Å². The van der Waals surface area contributed by atoms with Gasteiger partial charge in [-0.1, -0.05) is 0 Å². The van der Waals surface area contributed by atoms with Gasteiger partial charge in [-0.15, -0.1) is 0 Å². The Morgan fingerprint density at radius 2 is 2.43 bits per heavy atom. The number of hydrogen-bond donors (Lipinski definition) is 2. The summed E-state index contributed by atoms with van der Waals surface area (Å²) in [5.41, 5.74) is 5.66. The maximum atomic E-state index is 5.66. The van der Waals surface area contributed by atoms with Crippen LogP contribution in [0.4, 0.5) is 5.95 Å². The summed E-state index contributed by atoms with van der Waals surface area (Å²) in [6, 6.07) is 0.294. The summed E-state index contributed by atoms with van der Waals surface area (Å²) >= 11 is 0. The molecule has 1 heterocycles. The van der Waals surface area contributed by atoms with Crippen molar-refractivity contribution in [2.75, 3.05) is 11.9 Å². The molecule has 0 aromatic carbocycles. The molecule has 0 fully saturated rings. The number of hydrogen-bond acceptors (Lipinski definition) is 3. The Bertz CT molecular complexity index is 254. The van der Waals surface area contributed by atoms with Crippen molar-refractivity contribution in [1.82, 2.24) is 9.55 Å². The van der Waals surface area contributed by atoms with Crippen molar-refractivity contribution < 1.29 is 0 Å². The van der Waals surface area contributed by atoms with E-state index >= 15 is 0 Å². The number of imidazole rings is 1. The molecule has 0 amide bonds. The lowest BCUT2D eigenvalue weighted by Gasteiger charge is -2.08. The van der Waals surface area contributed by atoms with Crippen LogP contribution in [-0.4, -0.2) is 22.1 Å². The van der Waals surface area contributed by atoms with E-state index < -0.39 is 0 Å². The highest BCUT2D eigenvalue weighted by molar-refractivity contribution is 5.25. The lowest BCUT2D eigenvalue weighted by Crippen LogP contribution is -2.16. The van der Waals surface area contributed by atoms with Gasteiger partial charge in [0.25, 0.3) is 0 Å². The molecule has 80 valence electrons. The van der Waals surface area contributed by atoms with Gasteiger partial charge in [-0.05, 0) is 26.7 Å². The van der Waals surface area contributed by atoms with E-state index in [0.29, 0.717) is 6.04 Å². The Hall–Kier alpha value is -1.03. The zero-order valence-electron chi connectivity index (χ0n) is 9.03. The molecular weight excluding hydrogens is 176 g/mol. The molecule has 1 aromatic rings. The molecule has 0 aliphatic heterocycles. The van der Waals surface area contributed by atoms with Crippen LogP contribution >= 0.6 is 0 Å². The van der Waals surface area contributed by atoms with Gasteiger partial charge in [-0.3, -0.25) is 0 Å². The van der Waals surface area contributed by atoms with E-state index in [1.807, 2.05) is 19.3 Å². The molecule has 0 aliphatic rings. The maximum Gasteiger partial charge on any atom is 0.202 e. The van der Waals surface area contributed by atoms with Crippen molar-refractivity contribution in [3.8, 4) is 0 Å². The monoisotopic (exact) mass is 196 g/mol. The maximum absolute atomic E-state index is 5.66. The standard InChI is InChI=1S/C10H20N4/c1-3-14-8-7-13-10(14)12-6-4-5-9(2)11/h7-9H,3-6,11H2,1-2H3,(H,12,13). The van der Waals surface area contributed by atoms with Crippen LogP contribution in [0.15, 0.2) is 12.4 Å². The number of nitrogens with two attached hydrogens (primary N) is 1. The Labute approximate surface area is 85.5 Å². The first kappa shape index (κ1) is 11.0. The van der Waals surface area contributed by atoms with Crippen LogP contribution in [0.25, 0.3) is 0 Å². The van der Waals surface area contributed by atoms with Crippen LogP contribution in [-0.2, 0) is 6.54 Å². The third kappa shape index (κ3) is 3.38. The molecule has 1 rings (SSSR count). The number of aryl methyl sites for hydroxylation is 1. The van der Waals surface area contributed by atoms with Crippen LogP contribution in [0.5, 0.6) is 0 Å². The minimum absolute atomic E-state index is 0.294. The Balaban J connectivity index is 2.24. The number of nitrogens with one attached hydrogen (secondary N) is 1. The first-order valence-electron chi connectivity index (χ1n) is 5.24. The van der Waals surface area contributed by atoms with Crippen molar-refractivity contribution in [3.63, 3.8) is 0 Å². The Kier molecular flexibility index (Phi) is 4.46. The highest BCUT2D eigenvalue weighted by Gasteiger charge is 1.99. The predicted octanol–water partition coefficient (Wildman–Crippen LogP) is 1.44. The topological polar surface area (TPSA) is 55.9 Å². The van der Waals surface area contributed by atoms with Gasteiger partial charge in [0.05, 0.1) is 0 Å². The van der Waals surface area contributed by atoms with Gasteiger partial charge in [0.2, 0.25) is 5.95 Å². The van der Waals surface area contributed by atoms with E-state index in [2.05, 4.69) is 21.8 Å². The Morgan fingerprint density at radius 3 is 3.07 bits per heavy atom. The second kappa shape index (κ2) is 5.65. The summed E-state index contributed by atoms with van der Waals surface area (Å²) in [6.07, 6.45) is 5.94. The van der Waals surface area contributed by atoms with Crippen molar-refractivity contribution in [1.29, 1.82) is 0 Å². The molecule has 4 heteroatoms. The van der Waals surface area contributed by atoms with E-state index in [-0.39, 0.29) is 0 Å². The number of rotatable bonds is 6. The smallest absolute Gasteiger partial charge is 0.202 e. The third-order valence-corrected chi connectivity index (χ3v) is 2.18. The van der Waals surface area contributed by atoms with Crippen LogP contribution < -0.4 is 11.1 Å². The number of anilines is 1. The van der Waals surface area contributed by atoms with Crippen molar-refractivity contribution in [2.45, 2.75) is 39.3 Å². The summed E-state index contributed by atoms with van der Waals surface area (Å²) in [4.78, 5) is 4.22. The summed E-state index contributed by atoms with van der Waals surface area (Å²) in [7, 11) is 0. The Morgan fingerprint density at radius 1 is 1.64 bits per heavy atom. The summed E-state index contributed by atoms with van der Waals surface area (Å²) in [5, 5.41) is 3.30. The lowest BCUT2D eigenvalue weighted by atomic mass is 10.2. The number of nitrogens with zero attached hydrogens (tertiary/aromatic N) is 2. The third-order valence-electron chi connectivity index (χ3n) is 2.18. The zero-order chi connectivity index (χ0) is 10.4.